The van der Waals surface area contributed by atoms with Gasteiger partial charge < -0.3 is 9.47 Å². The fourth-order valence-electron chi connectivity index (χ4n) is 3.45. The molecule has 0 atom stereocenters. The van der Waals surface area contributed by atoms with E-state index >= 15 is 0 Å². The number of aryl methyl sites for hydroxylation is 1. The van der Waals surface area contributed by atoms with Crippen molar-refractivity contribution in [1.82, 2.24) is 9.80 Å². The second kappa shape index (κ2) is 9.23. The normalized spacial score (nSPS) is 20.5. The molecule has 2 heterocycles. The smallest absolute Gasteiger partial charge is 0.229 e. The van der Waals surface area contributed by atoms with Crippen molar-refractivity contribution in [2.75, 3.05) is 59.2 Å². The van der Waals surface area contributed by atoms with Gasteiger partial charge in [-0.1, -0.05) is 29.8 Å². The van der Waals surface area contributed by atoms with Crippen LogP contribution < -0.4 is 0 Å². The van der Waals surface area contributed by atoms with E-state index in [9.17, 15) is 10.1 Å². The van der Waals surface area contributed by atoms with Crippen LogP contribution in [-0.2, 0) is 9.47 Å². The lowest BCUT2D eigenvalue weighted by Crippen LogP contribution is -2.54. The second-order valence-electron chi connectivity index (χ2n) is 6.76. The van der Waals surface area contributed by atoms with Gasteiger partial charge in [0.1, 0.15) is 0 Å². The molecule has 2 aliphatic rings. The minimum atomic E-state index is -0.249. The van der Waals surface area contributed by atoms with Gasteiger partial charge in [-0.15, -0.1) is 0 Å². The van der Waals surface area contributed by atoms with E-state index in [4.69, 9.17) is 9.47 Å². The SMILES string of the molecule is Cc1ccc(/C(=C/C(N2CCOCC2)N2CCOCC2)C[N+](=O)[O-])cc1. The summed E-state index contributed by atoms with van der Waals surface area (Å²) in [6.45, 7) is 7.97. The summed E-state index contributed by atoms with van der Waals surface area (Å²) in [7, 11) is 0. The molecule has 3 rings (SSSR count). The van der Waals surface area contributed by atoms with Crippen molar-refractivity contribution < 1.29 is 14.4 Å². The van der Waals surface area contributed by atoms with Crippen molar-refractivity contribution in [3.8, 4) is 0 Å². The average Bonchev–Trinajstić information content (AvgIpc) is 2.67. The van der Waals surface area contributed by atoms with Crippen LogP contribution in [0.25, 0.3) is 5.57 Å². The van der Waals surface area contributed by atoms with Crippen LogP contribution in [0.2, 0.25) is 0 Å². The molecule has 0 bridgehead atoms. The van der Waals surface area contributed by atoms with E-state index in [1.807, 2.05) is 31.2 Å². The lowest BCUT2D eigenvalue weighted by atomic mass is 10.0. The fourth-order valence-corrected chi connectivity index (χ4v) is 3.45. The van der Waals surface area contributed by atoms with Crippen LogP contribution in [0, 0.1) is 17.0 Å². The maximum absolute atomic E-state index is 11.3. The first-order valence-corrected chi connectivity index (χ1v) is 9.16. The van der Waals surface area contributed by atoms with E-state index in [2.05, 4.69) is 15.9 Å². The molecule has 1 aromatic carbocycles. The van der Waals surface area contributed by atoms with Crippen LogP contribution in [-0.4, -0.2) is 80.0 Å². The Labute approximate surface area is 154 Å². The van der Waals surface area contributed by atoms with Gasteiger partial charge >= 0.3 is 0 Å². The van der Waals surface area contributed by atoms with E-state index in [0.29, 0.717) is 26.4 Å². The summed E-state index contributed by atoms with van der Waals surface area (Å²) < 4.78 is 11.0. The zero-order valence-electron chi connectivity index (χ0n) is 15.3. The molecular formula is C19H27N3O4. The number of nitro groups is 1. The van der Waals surface area contributed by atoms with E-state index in [1.165, 1.54) is 0 Å². The molecule has 0 amide bonds. The van der Waals surface area contributed by atoms with Crippen LogP contribution in [0.3, 0.4) is 0 Å². The highest BCUT2D eigenvalue weighted by Crippen LogP contribution is 2.21. The first kappa shape index (κ1) is 19.0. The summed E-state index contributed by atoms with van der Waals surface area (Å²) in [6.07, 6.45) is 2.10. The van der Waals surface area contributed by atoms with Gasteiger partial charge in [0, 0.05) is 36.7 Å². The summed E-state index contributed by atoms with van der Waals surface area (Å²) >= 11 is 0. The molecule has 0 spiro atoms. The van der Waals surface area contributed by atoms with Gasteiger partial charge in [0.25, 0.3) is 0 Å². The summed E-state index contributed by atoms with van der Waals surface area (Å²) in [5.74, 6) is 0. The molecule has 0 aliphatic carbocycles. The number of rotatable bonds is 6. The molecule has 0 radical (unpaired) electrons. The Kier molecular flexibility index (Phi) is 6.73. The lowest BCUT2D eigenvalue weighted by molar-refractivity contribution is -0.465. The average molecular weight is 361 g/mol. The summed E-state index contributed by atoms with van der Waals surface area (Å²) in [5, 5.41) is 11.3. The predicted molar refractivity (Wildman–Crippen MR) is 99.6 cm³/mol. The van der Waals surface area contributed by atoms with E-state index in [0.717, 1.165) is 42.9 Å². The van der Waals surface area contributed by atoms with E-state index in [1.54, 1.807) is 0 Å². The number of morpholine rings is 2. The highest BCUT2D eigenvalue weighted by atomic mass is 16.6. The van der Waals surface area contributed by atoms with Crippen molar-refractivity contribution in [2.45, 2.75) is 13.1 Å². The Morgan fingerprint density at radius 3 is 2.04 bits per heavy atom. The van der Waals surface area contributed by atoms with Gasteiger partial charge in [0.2, 0.25) is 6.54 Å². The molecule has 7 nitrogen and oxygen atoms in total. The summed E-state index contributed by atoms with van der Waals surface area (Å²) in [4.78, 5) is 15.7. The molecule has 0 saturated carbocycles. The van der Waals surface area contributed by atoms with Crippen molar-refractivity contribution in [3.63, 3.8) is 0 Å². The van der Waals surface area contributed by atoms with Gasteiger partial charge in [-0.25, -0.2) is 0 Å². The summed E-state index contributed by atoms with van der Waals surface area (Å²) in [6, 6.07) is 7.95. The molecule has 26 heavy (non-hydrogen) atoms. The molecule has 1 aromatic rings. The lowest BCUT2D eigenvalue weighted by Gasteiger charge is -2.41. The number of nitrogens with zero attached hydrogens (tertiary/aromatic N) is 3. The maximum Gasteiger partial charge on any atom is 0.229 e. The second-order valence-corrected chi connectivity index (χ2v) is 6.76. The van der Waals surface area contributed by atoms with Crippen LogP contribution in [0.5, 0.6) is 0 Å². The van der Waals surface area contributed by atoms with Gasteiger partial charge in [0.15, 0.2) is 0 Å². The van der Waals surface area contributed by atoms with Crippen LogP contribution >= 0.6 is 0 Å². The monoisotopic (exact) mass is 361 g/mol. The van der Waals surface area contributed by atoms with Gasteiger partial charge in [-0.05, 0) is 18.6 Å². The van der Waals surface area contributed by atoms with Gasteiger partial charge in [-0.3, -0.25) is 19.9 Å². The minimum absolute atomic E-state index is 0.0269. The molecular weight excluding hydrogens is 334 g/mol. The van der Waals surface area contributed by atoms with Crippen molar-refractivity contribution in [3.05, 3.63) is 51.6 Å². The first-order chi connectivity index (χ1) is 12.6. The third-order valence-electron chi connectivity index (χ3n) is 4.91. The standard InChI is InChI=1S/C19H27N3O4/c1-16-2-4-17(5-3-16)18(15-22(23)24)14-19(20-6-10-25-11-7-20)21-8-12-26-13-9-21/h2-5,14,19H,6-13,15H2,1H3/b18-14+. The van der Waals surface area contributed by atoms with Crippen LogP contribution in [0.4, 0.5) is 0 Å². The molecule has 0 unspecified atom stereocenters. The predicted octanol–water partition coefficient (Wildman–Crippen LogP) is 1.65. The van der Waals surface area contributed by atoms with E-state index in [-0.39, 0.29) is 17.6 Å². The van der Waals surface area contributed by atoms with Gasteiger partial charge in [-0.2, -0.15) is 0 Å². The molecule has 0 N–H and O–H groups in total. The Balaban J connectivity index is 1.91. The van der Waals surface area contributed by atoms with Crippen LogP contribution in [0.1, 0.15) is 11.1 Å². The number of ether oxygens (including phenoxy) is 2. The molecule has 7 heteroatoms. The topological polar surface area (TPSA) is 68.1 Å². The van der Waals surface area contributed by atoms with Crippen LogP contribution in [0.15, 0.2) is 30.3 Å². The highest BCUT2D eigenvalue weighted by Gasteiger charge is 2.27. The Hall–Kier alpha value is -1.80. The Bertz CT molecular complexity index is 602. The fraction of sp³-hybridized carbons (Fsp3) is 0.579. The zero-order valence-corrected chi connectivity index (χ0v) is 15.3. The largest absolute Gasteiger partial charge is 0.379 e. The quantitative estimate of drug-likeness (QED) is 0.567. The zero-order chi connectivity index (χ0) is 18.4. The maximum atomic E-state index is 11.3. The van der Waals surface area contributed by atoms with Crippen molar-refractivity contribution in [1.29, 1.82) is 0 Å². The minimum Gasteiger partial charge on any atom is -0.379 e. The molecule has 0 aromatic heterocycles. The molecule has 2 aliphatic heterocycles. The first-order valence-electron chi connectivity index (χ1n) is 9.16. The molecule has 142 valence electrons. The summed E-state index contributed by atoms with van der Waals surface area (Å²) in [5.41, 5.74) is 2.82. The van der Waals surface area contributed by atoms with Crippen molar-refractivity contribution in [2.24, 2.45) is 0 Å². The van der Waals surface area contributed by atoms with Crippen molar-refractivity contribution >= 4 is 5.57 Å². The number of benzene rings is 1. The molecule has 2 fully saturated rings. The highest BCUT2D eigenvalue weighted by molar-refractivity contribution is 5.67. The third kappa shape index (κ3) is 5.11. The molecule has 2 saturated heterocycles. The van der Waals surface area contributed by atoms with E-state index < -0.39 is 0 Å². The van der Waals surface area contributed by atoms with Gasteiger partial charge in [0.05, 0.1) is 32.6 Å². The Morgan fingerprint density at radius 2 is 1.58 bits per heavy atom. The Morgan fingerprint density at radius 1 is 1.08 bits per heavy atom. The third-order valence-corrected chi connectivity index (χ3v) is 4.91. The number of hydrogen-bond acceptors (Lipinski definition) is 6. The number of hydrogen-bond donors (Lipinski definition) is 0.